The first-order chi connectivity index (χ1) is 14.9. The largest absolute Gasteiger partial charge is 0.462 e. The lowest BCUT2D eigenvalue weighted by molar-refractivity contribution is 0.0529. The fourth-order valence-electron chi connectivity index (χ4n) is 3.41. The van der Waals surface area contributed by atoms with Crippen LogP contribution >= 0.6 is 34.5 Å². The van der Waals surface area contributed by atoms with Crippen molar-refractivity contribution in [2.24, 2.45) is 7.05 Å². The van der Waals surface area contributed by atoms with Crippen LogP contribution in [0.25, 0.3) is 22.0 Å². The maximum Gasteiger partial charge on any atom is 0.341 e. The molecule has 2 aromatic heterocycles. The quantitative estimate of drug-likeness (QED) is 0.331. The van der Waals surface area contributed by atoms with E-state index in [1.807, 2.05) is 29.6 Å². The summed E-state index contributed by atoms with van der Waals surface area (Å²) in [5.41, 5.74) is 3.08. The third-order valence-corrected chi connectivity index (χ3v) is 6.40. The molecule has 0 bridgehead atoms. The fourth-order valence-corrected chi connectivity index (χ4v) is 4.71. The Bertz CT molecular complexity index is 1290. The van der Waals surface area contributed by atoms with E-state index in [4.69, 9.17) is 27.9 Å². The number of rotatable bonds is 5. The normalized spacial score (nSPS) is 11.0. The van der Waals surface area contributed by atoms with Gasteiger partial charge in [-0.2, -0.15) is 0 Å². The van der Waals surface area contributed by atoms with E-state index in [-0.39, 0.29) is 12.5 Å². The third-order valence-electron chi connectivity index (χ3n) is 4.92. The number of hydrogen-bond acceptors (Lipinski definition) is 4. The van der Waals surface area contributed by atoms with Crippen LogP contribution in [0.5, 0.6) is 0 Å². The highest BCUT2D eigenvalue weighted by atomic mass is 35.5. The number of aromatic nitrogens is 1. The molecule has 0 spiro atoms. The van der Waals surface area contributed by atoms with Gasteiger partial charge in [0.2, 0.25) is 0 Å². The van der Waals surface area contributed by atoms with Crippen molar-refractivity contribution in [1.82, 2.24) is 4.57 Å². The summed E-state index contributed by atoms with van der Waals surface area (Å²) >= 11 is 13.5. The first-order valence-electron chi connectivity index (χ1n) is 9.50. The summed E-state index contributed by atoms with van der Waals surface area (Å²) in [5.74, 6) is -0.839. The molecule has 0 aliphatic heterocycles. The molecule has 158 valence electrons. The van der Waals surface area contributed by atoms with Crippen LogP contribution in [-0.4, -0.2) is 23.1 Å². The van der Waals surface area contributed by atoms with Gasteiger partial charge in [0.15, 0.2) is 0 Å². The van der Waals surface area contributed by atoms with Crippen molar-refractivity contribution in [1.29, 1.82) is 0 Å². The summed E-state index contributed by atoms with van der Waals surface area (Å²) in [6.45, 7) is 1.97. The predicted octanol–water partition coefficient (Wildman–Crippen LogP) is 6.64. The molecule has 0 atom stereocenters. The van der Waals surface area contributed by atoms with E-state index >= 15 is 0 Å². The summed E-state index contributed by atoms with van der Waals surface area (Å²) in [5, 5.41) is 7.08. The van der Waals surface area contributed by atoms with E-state index in [1.165, 1.54) is 11.3 Å². The molecule has 31 heavy (non-hydrogen) atoms. The second-order valence-corrected chi connectivity index (χ2v) is 8.52. The molecule has 0 fully saturated rings. The lowest BCUT2D eigenvalue weighted by Gasteiger charge is -2.09. The van der Waals surface area contributed by atoms with Gasteiger partial charge in [0, 0.05) is 38.9 Å². The van der Waals surface area contributed by atoms with Gasteiger partial charge in [-0.05, 0) is 42.8 Å². The minimum Gasteiger partial charge on any atom is -0.462 e. The molecule has 5 nitrogen and oxygen atoms in total. The lowest BCUT2D eigenvalue weighted by atomic mass is 10.0. The van der Waals surface area contributed by atoms with Crippen LogP contribution in [0.3, 0.4) is 0 Å². The molecule has 2 heterocycles. The van der Waals surface area contributed by atoms with Crippen LogP contribution in [0.15, 0.2) is 53.9 Å². The van der Waals surface area contributed by atoms with Gasteiger partial charge in [-0.3, -0.25) is 4.79 Å². The number of thiophene rings is 1. The summed E-state index contributed by atoms with van der Waals surface area (Å²) in [6.07, 6.45) is 0. The number of halogens is 2. The highest BCUT2D eigenvalue weighted by Gasteiger charge is 2.24. The number of carbonyl (C=O) groups is 2. The van der Waals surface area contributed by atoms with E-state index in [9.17, 15) is 9.59 Å². The number of nitrogens with zero attached hydrogens (tertiary/aromatic N) is 1. The van der Waals surface area contributed by atoms with E-state index in [0.717, 1.165) is 16.5 Å². The molecule has 0 saturated heterocycles. The van der Waals surface area contributed by atoms with Gasteiger partial charge in [-0.25, -0.2) is 4.79 Å². The Kier molecular flexibility index (Phi) is 6.05. The van der Waals surface area contributed by atoms with Crippen LogP contribution in [-0.2, 0) is 11.8 Å². The van der Waals surface area contributed by atoms with Gasteiger partial charge in [0.25, 0.3) is 5.91 Å². The van der Waals surface area contributed by atoms with Crippen molar-refractivity contribution in [2.75, 3.05) is 11.9 Å². The van der Waals surface area contributed by atoms with Gasteiger partial charge in [-0.1, -0.05) is 41.4 Å². The van der Waals surface area contributed by atoms with Crippen molar-refractivity contribution in [3.05, 3.63) is 75.2 Å². The first-order valence-corrected chi connectivity index (χ1v) is 11.1. The van der Waals surface area contributed by atoms with Crippen LogP contribution in [0.2, 0.25) is 10.0 Å². The number of nitrogens with one attached hydrogen (secondary N) is 1. The molecular formula is C23H18Cl2N2O3S. The molecular weight excluding hydrogens is 455 g/mol. The number of ether oxygens (including phenoxy) is 1. The van der Waals surface area contributed by atoms with E-state index in [1.54, 1.807) is 42.8 Å². The van der Waals surface area contributed by atoms with E-state index in [2.05, 4.69) is 5.32 Å². The smallest absolute Gasteiger partial charge is 0.341 e. The van der Waals surface area contributed by atoms with E-state index in [0.29, 0.717) is 31.9 Å². The minimum atomic E-state index is -0.496. The SMILES string of the molecule is CCOC(=O)c1c(-c2ccc(Cl)cc2)csc1NC(=O)c1cc2c(Cl)cccc2n1C. The maximum absolute atomic E-state index is 13.1. The zero-order chi connectivity index (χ0) is 22.1. The van der Waals surface area contributed by atoms with Crippen molar-refractivity contribution in [3.8, 4) is 11.1 Å². The van der Waals surface area contributed by atoms with Crippen molar-refractivity contribution in [3.63, 3.8) is 0 Å². The number of hydrogen-bond donors (Lipinski definition) is 1. The number of fused-ring (bicyclic) bond motifs is 1. The Hall–Kier alpha value is -2.80. The number of esters is 1. The second-order valence-electron chi connectivity index (χ2n) is 6.80. The minimum absolute atomic E-state index is 0.226. The summed E-state index contributed by atoms with van der Waals surface area (Å²) in [4.78, 5) is 25.8. The van der Waals surface area contributed by atoms with Gasteiger partial charge >= 0.3 is 5.97 Å². The number of amides is 1. The number of aryl methyl sites for hydroxylation is 1. The summed E-state index contributed by atoms with van der Waals surface area (Å²) in [7, 11) is 1.80. The molecule has 0 aliphatic carbocycles. The average Bonchev–Trinajstić information content (AvgIpc) is 3.31. The highest BCUT2D eigenvalue weighted by Crippen LogP contribution is 2.37. The standard InChI is InChI=1S/C23H18Cl2N2O3S/c1-3-30-23(29)20-16(13-7-9-14(24)10-8-13)12-31-22(20)26-21(28)19-11-15-17(25)5-4-6-18(15)27(19)2/h4-12H,3H2,1-2H3,(H,26,28). The molecule has 0 radical (unpaired) electrons. The second kappa shape index (κ2) is 8.75. The summed E-state index contributed by atoms with van der Waals surface area (Å²) in [6, 6.07) is 14.4. The predicted molar refractivity (Wildman–Crippen MR) is 127 cm³/mol. The fraction of sp³-hybridized carbons (Fsp3) is 0.130. The Morgan fingerprint density at radius 3 is 2.55 bits per heavy atom. The Morgan fingerprint density at radius 2 is 1.87 bits per heavy atom. The molecule has 0 aliphatic rings. The molecule has 0 saturated carbocycles. The number of carbonyl (C=O) groups excluding carboxylic acids is 2. The molecule has 1 amide bonds. The molecule has 2 aromatic carbocycles. The van der Waals surface area contributed by atoms with Crippen LogP contribution < -0.4 is 5.32 Å². The topological polar surface area (TPSA) is 60.3 Å². The monoisotopic (exact) mass is 472 g/mol. The average molecular weight is 473 g/mol. The van der Waals surface area contributed by atoms with Crippen LogP contribution in [0.4, 0.5) is 5.00 Å². The van der Waals surface area contributed by atoms with Gasteiger partial charge in [0.1, 0.15) is 16.3 Å². The Labute approximate surface area is 193 Å². The summed E-state index contributed by atoms with van der Waals surface area (Å²) < 4.78 is 7.03. The zero-order valence-corrected chi connectivity index (χ0v) is 19.1. The zero-order valence-electron chi connectivity index (χ0n) is 16.7. The van der Waals surface area contributed by atoms with Crippen molar-refractivity contribution in [2.45, 2.75) is 6.92 Å². The first kappa shape index (κ1) is 21.4. The molecule has 1 N–H and O–H groups in total. The Morgan fingerprint density at radius 1 is 1.13 bits per heavy atom. The van der Waals surface area contributed by atoms with Crippen molar-refractivity contribution < 1.29 is 14.3 Å². The molecule has 4 rings (SSSR count). The van der Waals surface area contributed by atoms with Crippen LogP contribution in [0, 0.1) is 0 Å². The lowest BCUT2D eigenvalue weighted by Crippen LogP contribution is -2.17. The molecule has 4 aromatic rings. The van der Waals surface area contributed by atoms with Gasteiger partial charge in [-0.15, -0.1) is 11.3 Å². The van der Waals surface area contributed by atoms with Crippen LogP contribution in [0.1, 0.15) is 27.8 Å². The maximum atomic E-state index is 13.1. The van der Waals surface area contributed by atoms with Gasteiger partial charge < -0.3 is 14.6 Å². The highest BCUT2D eigenvalue weighted by molar-refractivity contribution is 7.15. The number of benzene rings is 2. The van der Waals surface area contributed by atoms with E-state index < -0.39 is 5.97 Å². The molecule has 8 heteroatoms. The van der Waals surface area contributed by atoms with Crippen molar-refractivity contribution >= 4 is 62.3 Å². The number of anilines is 1. The van der Waals surface area contributed by atoms with Gasteiger partial charge in [0.05, 0.1) is 6.61 Å². The molecule has 0 unspecified atom stereocenters. The third kappa shape index (κ3) is 4.06. The Balaban J connectivity index is 1.74.